The number of carbonyl (C=O) groups excluding carboxylic acids is 1. The molecule has 1 atom stereocenters. The Morgan fingerprint density at radius 3 is 2.72 bits per heavy atom. The fourth-order valence-electron chi connectivity index (χ4n) is 4.88. The van der Waals surface area contributed by atoms with E-state index in [-0.39, 0.29) is 49.6 Å². The summed E-state index contributed by atoms with van der Waals surface area (Å²) >= 11 is 0. The largest absolute Gasteiger partial charge is 0.458 e. The number of aromatic nitrogens is 2. The average molecular weight is 431 g/mol. The number of hydrogen-bond donors (Lipinski definition) is 2. The molecule has 9 heteroatoms. The minimum atomic E-state index is -1.58. The lowest BCUT2D eigenvalue weighted by molar-refractivity contribution is -0.157. The lowest BCUT2D eigenvalue weighted by Crippen LogP contribution is -2.34. The zero-order chi connectivity index (χ0) is 22.1. The van der Waals surface area contributed by atoms with E-state index < -0.39 is 12.1 Å². The van der Waals surface area contributed by atoms with Gasteiger partial charge in [-0.2, -0.15) is 0 Å². The summed E-state index contributed by atoms with van der Waals surface area (Å²) in [6.45, 7) is 0.396. The van der Waals surface area contributed by atoms with E-state index in [1.807, 2.05) is 6.07 Å². The number of rotatable bonds is 2. The molecule has 0 amide bonds. The van der Waals surface area contributed by atoms with Crippen LogP contribution in [0.4, 0.5) is 0 Å². The topological polar surface area (TPSA) is 126 Å². The van der Waals surface area contributed by atoms with Gasteiger partial charge in [0.15, 0.2) is 17.6 Å². The smallest absolute Gasteiger partial charge is 0.340 e. The summed E-state index contributed by atoms with van der Waals surface area (Å²) in [7, 11) is 0. The summed E-state index contributed by atoms with van der Waals surface area (Å²) in [6, 6.07) is 3.63. The highest BCUT2D eigenvalue weighted by atomic mass is 16.7. The second-order valence-corrected chi connectivity index (χ2v) is 7.85. The van der Waals surface area contributed by atoms with Gasteiger partial charge < -0.3 is 29.6 Å². The molecule has 32 heavy (non-hydrogen) atoms. The van der Waals surface area contributed by atoms with Gasteiger partial charge in [0, 0.05) is 35.5 Å². The number of ether oxygens (including phenoxy) is 3. The number of benzene rings is 1. The molecule has 0 aliphatic carbocycles. The number of esters is 1. The molecule has 9 nitrogen and oxygen atoms in total. The Labute approximate surface area is 181 Å². The monoisotopic (exact) mass is 431 g/mol. The molecule has 0 radical (unpaired) electrons. The van der Waals surface area contributed by atoms with Gasteiger partial charge >= 0.3 is 5.97 Å². The van der Waals surface area contributed by atoms with E-state index in [2.05, 4.69) is 5.92 Å². The van der Waals surface area contributed by atoms with Gasteiger partial charge in [0.1, 0.15) is 6.61 Å². The molecule has 0 saturated carbocycles. The van der Waals surface area contributed by atoms with Crippen LogP contribution in [0.2, 0.25) is 0 Å². The maximum absolute atomic E-state index is 13.3. The lowest BCUT2D eigenvalue weighted by Gasteiger charge is -2.25. The maximum Gasteiger partial charge on any atom is 0.340 e. The Morgan fingerprint density at radius 1 is 1.19 bits per heavy atom. The van der Waals surface area contributed by atoms with Gasteiger partial charge in [0.25, 0.3) is 5.56 Å². The molecule has 3 N–H and O–H groups in total. The van der Waals surface area contributed by atoms with Crippen LogP contribution in [0.25, 0.3) is 22.3 Å². The molecule has 3 aliphatic heterocycles. The van der Waals surface area contributed by atoms with E-state index in [4.69, 9.17) is 31.4 Å². The van der Waals surface area contributed by atoms with Crippen molar-refractivity contribution < 1.29 is 24.1 Å². The van der Waals surface area contributed by atoms with Crippen LogP contribution in [0.15, 0.2) is 16.9 Å². The van der Waals surface area contributed by atoms with Crippen molar-refractivity contribution >= 4 is 16.9 Å². The zero-order valence-electron chi connectivity index (χ0n) is 16.8. The van der Waals surface area contributed by atoms with Gasteiger partial charge in [-0.1, -0.05) is 0 Å². The Balaban J connectivity index is 1.71. The third-order valence-electron chi connectivity index (χ3n) is 6.29. The van der Waals surface area contributed by atoms with Gasteiger partial charge in [-0.3, -0.25) is 4.79 Å². The number of cyclic esters (lactones) is 1. The van der Waals surface area contributed by atoms with Crippen LogP contribution >= 0.6 is 0 Å². The van der Waals surface area contributed by atoms with Crippen molar-refractivity contribution in [3.05, 3.63) is 50.3 Å². The second kappa shape index (κ2) is 6.56. The van der Waals surface area contributed by atoms with E-state index >= 15 is 0 Å². The first-order chi connectivity index (χ1) is 15.5. The Bertz CT molecular complexity index is 1470. The summed E-state index contributed by atoms with van der Waals surface area (Å²) in [4.78, 5) is 30.3. The molecule has 3 aliphatic rings. The molecule has 2 aromatic heterocycles. The van der Waals surface area contributed by atoms with E-state index in [0.29, 0.717) is 34.0 Å². The number of aliphatic hydroxyl groups excluding tert-OH is 1. The van der Waals surface area contributed by atoms with E-state index in [0.717, 1.165) is 16.5 Å². The molecular weight excluding hydrogens is 414 g/mol. The summed E-state index contributed by atoms with van der Waals surface area (Å²) in [5.74, 6) is 2.97. The van der Waals surface area contributed by atoms with Crippen molar-refractivity contribution in [2.45, 2.75) is 32.2 Å². The van der Waals surface area contributed by atoms with Crippen molar-refractivity contribution in [1.29, 1.82) is 0 Å². The van der Waals surface area contributed by atoms with Gasteiger partial charge in [-0.05, 0) is 17.2 Å². The molecule has 0 bridgehead atoms. The first-order valence-corrected chi connectivity index (χ1v) is 10.1. The fraction of sp³-hybridized carbons (Fsp3) is 0.261. The first-order valence-electron chi connectivity index (χ1n) is 10.1. The van der Waals surface area contributed by atoms with Crippen LogP contribution in [-0.4, -0.2) is 27.4 Å². The fourth-order valence-corrected chi connectivity index (χ4v) is 4.88. The van der Waals surface area contributed by atoms with E-state index in [1.54, 1.807) is 10.6 Å². The molecule has 0 spiro atoms. The number of aliphatic hydroxyl groups is 1. The number of nitrogens with zero attached hydrogens (tertiary/aromatic N) is 2. The predicted octanol–water partition coefficient (Wildman–Crippen LogP) is 0.878. The molecular formula is C23H17N3O6. The van der Waals surface area contributed by atoms with E-state index in [1.165, 1.54) is 0 Å². The SMILES string of the molecule is C#CCc1c2c(c(=O)n3c1-c1nc4cc5c(cc4c(CN)c1C3)OCO5)COC(=O)[C@H]2O. The highest BCUT2D eigenvalue weighted by molar-refractivity contribution is 5.91. The molecule has 3 aromatic rings. The van der Waals surface area contributed by atoms with Crippen LogP contribution in [-0.2, 0) is 35.6 Å². The quantitative estimate of drug-likeness (QED) is 0.354. The normalized spacial score (nSPS) is 17.5. The Hall–Kier alpha value is -3.87. The van der Waals surface area contributed by atoms with Gasteiger partial charge in [-0.25, -0.2) is 9.78 Å². The van der Waals surface area contributed by atoms with Crippen LogP contribution in [0.3, 0.4) is 0 Å². The lowest BCUT2D eigenvalue weighted by atomic mass is 9.91. The molecule has 0 unspecified atom stereocenters. The summed E-state index contributed by atoms with van der Waals surface area (Å²) in [6.07, 6.45) is 4.16. The number of hydrogen-bond acceptors (Lipinski definition) is 8. The van der Waals surface area contributed by atoms with Crippen LogP contribution in [0, 0.1) is 12.3 Å². The Kier molecular flexibility index (Phi) is 3.87. The average Bonchev–Trinajstić information content (AvgIpc) is 3.40. The third-order valence-corrected chi connectivity index (χ3v) is 6.29. The predicted molar refractivity (Wildman–Crippen MR) is 112 cm³/mol. The van der Waals surface area contributed by atoms with Gasteiger partial charge in [-0.15, -0.1) is 12.3 Å². The third kappa shape index (κ3) is 2.33. The Morgan fingerprint density at radius 2 is 1.97 bits per heavy atom. The minimum Gasteiger partial charge on any atom is -0.458 e. The van der Waals surface area contributed by atoms with Gasteiger partial charge in [0.2, 0.25) is 6.79 Å². The summed E-state index contributed by atoms with van der Waals surface area (Å²) in [5.41, 5.74) is 10.1. The van der Waals surface area contributed by atoms with Crippen molar-refractivity contribution in [1.82, 2.24) is 9.55 Å². The molecule has 0 saturated heterocycles. The van der Waals surface area contributed by atoms with Crippen LogP contribution in [0.1, 0.15) is 33.9 Å². The molecule has 0 fully saturated rings. The first kappa shape index (κ1) is 18.9. The number of fused-ring (bicyclic) bond motifs is 6. The number of carbonyl (C=O) groups is 1. The highest BCUT2D eigenvalue weighted by Gasteiger charge is 2.38. The highest BCUT2D eigenvalue weighted by Crippen LogP contribution is 2.43. The maximum atomic E-state index is 13.3. The standard InChI is InChI=1S/C23H17N3O6/c1-2-3-10-18-14(8-30-23(29)21(18)27)22(28)26-7-13-12(6-24)11-4-16-17(32-9-31-16)5-15(11)25-19(13)20(10)26/h1,4-5,21,27H,3,6-9,24H2/t21-/m0/s1. The molecule has 1 aromatic carbocycles. The number of nitrogens with two attached hydrogens (primary N) is 1. The number of terminal acetylenes is 1. The van der Waals surface area contributed by atoms with Crippen molar-refractivity contribution in [2.24, 2.45) is 5.73 Å². The zero-order valence-corrected chi connectivity index (χ0v) is 16.8. The summed E-state index contributed by atoms with van der Waals surface area (Å²) < 4.78 is 17.6. The van der Waals surface area contributed by atoms with Crippen molar-refractivity contribution in [3.63, 3.8) is 0 Å². The van der Waals surface area contributed by atoms with Crippen LogP contribution in [0.5, 0.6) is 11.5 Å². The molecule has 160 valence electrons. The molecule has 6 rings (SSSR count). The van der Waals surface area contributed by atoms with Crippen LogP contribution < -0.4 is 20.8 Å². The van der Waals surface area contributed by atoms with Gasteiger partial charge in [0.05, 0.1) is 29.0 Å². The van der Waals surface area contributed by atoms with Crippen molar-refractivity contribution in [3.8, 4) is 35.2 Å². The number of pyridine rings is 2. The minimum absolute atomic E-state index is 0.112. The van der Waals surface area contributed by atoms with E-state index in [9.17, 15) is 14.7 Å². The van der Waals surface area contributed by atoms with Crippen molar-refractivity contribution in [2.75, 3.05) is 6.79 Å². The second-order valence-electron chi connectivity index (χ2n) is 7.85. The molecule has 5 heterocycles. The summed E-state index contributed by atoms with van der Waals surface area (Å²) in [5, 5.41) is 11.4.